The third-order valence-corrected chi connectivity index (χ3v) is 6.29. The lowest BCUT2D eigenvalue weighted by atomic mass is 10.4. The van der Waals surface area contributed by atoms with Gasteiger partial charge in [0.15, 0.2) is 9.84 Å². The average Bonchev–Trinajstić information content (AvgIpc) is 2.86. The first-order valence-electron chi connectivity index (χ1n) is 6.08. The standard InChI is InChI=1S/C10H16N4O3S3/c1-3-11-10-13-12-8(19-10)9(15)14-4-5-18-6-7(14)20(2,16)17/h7H,3-6H2,1-2H3,(H,11,13). The van der Waals surface area contributed by atoms with Gasteiger partial charge in [-0.3, -0.25) is 4.79 Å². The Balaban J connectivity index is 2.20. The fraction of sp³-hybridized carbons (Fsp3) is 0.700. The molecule has 0 saturated carbocycles. The van der Waals surface area contributed by atoms with Gasteiger partial charge in [-0.05, 0) is 6.92 Å². The molecule has 0 radical (unpaired) electrons. The lowest BCUT2D eigenvalue weighted by Gasteiger charge is -2.33. The second kappa shape index (κ2) is 6.27. The van der Waals surface area contributed by atoms with E-state index in [9.17, 15) is 13.2 Å². The molecule has 10 heteroatoms. The minimum absolute atomic E-state index is 0.224. The number of carbonyl (C=O) groups excluding carboxylic acids is 1. The van der Waals surface area contributed by atoms with Crippen LogP contribution in [-0.2, 0) is 9.84 Å². The molecule has 1 atom stereocenters. The van der Waals surface area contributed by atoms with Crippen LogP contribution >= 0.6 is 23.1 Å². The summed E-state index contributed by atoms with van der Waals surface area (Å²) < 4.78 is 23.6. The van der Waals surface area contributed by atoms with Gasteiger partial charge in [0.25, 0.3) is 5.91 Å². The number of amides is 1. The summed E-state index contributed by atoms with van der Waals surface area (Å²) >= 11 is 2.69. The highest BCUT2D eigenvalue weighted by Crippen LogP contribution is 2.24. The summed E-state index contributed by atoms with van der Waals surface area (Å²) in [6, 6.07) is 0. The van der Waals surface area contributed by atoms with Gasteiger partial charge >= 0.3 is 0 Å². The van der Waals surface area contributed by atoms with Crippen LogP contribution in [0, 0.1) is 0 Å². The van der Waals surface area contributed by atoms with Crippen LogP contribution in [0.2, 0.25) is 0 Å². The number of carbonyl (C=O) groups is 1. The summed E-state index contributed by atoms with van der Waals surface area (Å²) in [4.78, 5) is 13.8. The molecule has 1 amide bonds. The van der Waals surface area contributed by atoms with Crippen molar-refractivity contribution in [3.8, 4) is 0 Å². The molecular weight excluding hydrogens is 320 g/mol. The number of anilines is 1. The first-order valence-corrected chi connectivity index (χ1v) is 10.0. The van der Waals surface area contributed by atoms with E-state index in [1.165, 1.54) is 4.90 Å². The number of rotatable bonds is 4. The number of nitrogens with zero attached hydrogens (tertiary/aromatic N) is 3. The monoisotopic (exact) mass is 336 g/mol. The van der Waals surface area contributed by atoms with Gasteiger partial charge in [0.05, 0.1) is 0 Å². The Morgan fingerprint density at radius 2 is 2.25 bits per heavy atom. The predicted octanol–water partition coefficient (Wildman–Crippen LogP) is 0.530. The van der Waals surface area contributed by atoms with Crippen molar-refractivity contribution in [2.24, 2.45) is 0 Å². The minimum Gasteiger partial charge on any atom is -0.360 e. The van der Waals surface area contributed by atoms with Crippen LogP contribution in [0.25, 0.3) is 0 Å². The molecule has 1 aromatic heterocycles. The van der Waals surface area contributed by atoms with E-state index in [4.69, 9.17) is 0 Å². The fourth-order valence-corrected chi connectivity index (χ4v) is 5.41. The summed E-state index contributed by atoms with van der Waals surface area (Å²) in [6.45, 7) is 3.02. The topological polar surface area (TPSA) is 92.3 Å². The molecule has 1 aliphatic heterocycles. The Labute approximate surface area is 126 Å². The molecular formula is C10H16N4O3S3. The van der Waals surface area contributed by atoms with Crippen LogP contribution in [0.3, 0.4) is 0 Å². The zero-order valence-corrected chi connectivity index (χ0v) is 13.6. The molecule has 1 aromatic rings. The van der Waals surface area contributed by atoms with Crippen molar-refractivity contribution in [2.75, 3.05) is 36.2 Å². The van der Waals surface area contributed by atoms with Crippen LogP contribution in [0.5, 0.6) is 0 Å². The Kier molecular flexibility index (Phi) is 4.86. The quantitative estimate of drug-likeness (QED) is 0.857. The molecule has 1 N–H and O–H groups in total. The highest BCUT2D eigenvalue weighted by Gasteiger charge is 2.35. The largest absolute Gasteiger partial charge is 0.360 e. The lowest BCUT2D eigenvalue weighted by Crippen LogP contribution is -2.49. The second-order valence-corrected chi connectivity index (χ2v) is 8.63. The van der Waals surface area contributed by atoms with E-state index in [0.717, 1.165) is 23.3 Å². The average molecular weight is 336 g/mol. The molecule has 0 spiro atoms. The number of aromatic nitrogens is 2. The van der Waals surface area contributed by atoms with E-state index in [-0.39, 0.29) is 10.9 Å². The smallest absolute Gasteiger partial charge is 0.286 e. The number of hydrogen-bond acceptors (Lipinski definition) is 8. The summed E-state index contributed by atoms with van der Waals surface area (Å²) in [5.74, 6) is 0.780. The van der Waals surface area contributed by atoms with Gasteiger partial charge in [-0.15, -0.1) is 10.2 Å². The Hall–Kier alpha value is -0.870. The van der Waals surface area contributed by atoms with E-state index >= 15 is 0 Å². The number of hydrogen-bond donors (Lipinski definition) is 1. The first kappa shape index (κ1) is 15.5. The molecule has 2 rings (SSSR count). The molecule has 20 heavy (non-hydrogen) atoms. The molecule has 1 fully saturated rings. The van der Waals surface area contributed by atoms with Crippen LogP contribution in [0.1, 0.15) is 16.7 Å². The summed E-state index contributed by atoms with van der Waals surface area (Å²) in [5, 5.41) is 10.7. The van der Waals surface area contributed by atoms with Crippen LogP contribution in [-0.4, -0.2) is 65.6 Å². The first-order chi connectivity index (χ1) is 9.43. The SMILES string of the molecule is CCNc1nnc(C(=O)N2CCSCC2S(C)(=O)=O)s1. The molecule has 1 saturated heterocycles. The molecule has 1 unspecified atom stereocenters. The van der Waals surface area contributed by atoms with Crippen LogP contribution in [0.4, 0.5) is 5.13 Å². The second-order valence-electron chi connectivity index (χ2n) is 4.30. The van der Waals surface area contributed by atoms with Crippen molar-refractivity contribution in [2.45, 2.75) is 12.3 Å². The number of sulfone groups is 1. The zero-order valence-electron chi connectivity index (χ0n) is 11.2. The molecule has 1 aliphatic rings. The third-order valence-electron chi connectivity index (χ3n) is 2.78. The van der Waals surface area contributed by atoms with E-state index in [2.05, 4.69) is 15.5 Å². The van der Waals surface area contributed by atoms with Crippen LogP contribution in [0.15, 0.2) is 0 Å². The normalized spacial score (nSPS) is 19.9. The van der Waals surface area contributed by atoms with Gasteiger partial charge in [-0.25, -0.2) is 8.42 Å². The van der Waals surface area contributed by atoms with E-state index in [1.807, 2.05) is 6.92 Å². The highest BCUT2D eigenvalue weighted by molar-refractivity contribution is 8.00. The van der Waals surface area contributed by atoms with Gasteiger partial charge in [0, 0.05) is 30.9 Å². The molecule has 2 heterocycles. The summed E-state index contributed by atoms with van der Waals surface area (Å²) in [7, 11) is -3.31. The van der Waals surface area contributed by atoms with Gasteiger partial charge in [-0.1, -0.05) is 11.3 Å². The van der Waals surface area contributed by atoms with E-state index < -0.39 is 15.2 Å². The maximum atomic E-state index is 12.4. The van der Waals surface area contributed by atoms with Crippen molar-refractivity contribution >= 4 is 44.0 Å². The van der Waals surface area contributed by atoms with Gasteiger partial charge in [-0.2, -0.15) is 11.8 Å². The lowest BCUT2D eigenvalue weighted by molar-refractivity contribution is 0.0748. The molecule has 0 bridgehead atoms. The molecule has 0 aliphatic carbocycles. The Morgan fingerprint density at radius 3 is 2.90 bits per heavy atom. The van der Waals surface area contributed by atoms with Gasteiger partial charge < -0.3 is 10.2 Å². The summed E-state index contributed by atoms with van der Waals surface area (Å²) in [6.07, 6.45) is 1.16. The predicted molar refractivity (Wildman–Crippen MR) is 81.1 cm³/mol. The van der Waals surface area contributed by atoms with Gasteiger partial charge in [0.2, 0.25) is 10.1 Å². The van der Waals surface area contributed by atoms with Crippen molar-refractivity contribution in [3.05, 3.63) is 5.01 Å². The minimum atomic E-state index is -3.31. The van der Waals surface area contributed by atoms with Crippen molar-refractivity contribution in [1.29, 1.82) is 0 Å². The van der Waals surface area contributed by atoms with Gasteiger partial charge in [0.1, 0.15) is 5.37 Å². The van der Waals surface area contributed by atoms with E-state index in [1.54, 1.807) is 11.8 Å². The van der Waals surface area contributed by atoms with Crippen molar-refractivity contribution in [1.82, 2.24) is 15.1 Å². The number of thioether (sulfide) groups is 1. The van der Waals surface area contributed by atoms with E-state index in [0.29, 0.717) is 24.0 Å². The highest BCUT2D eigenvalue weighted by atomic mass is 32.2. The number of nitrogens with one attached hydrogen (secondary N) is 1. The Bertz CT molecular complexity index is 586. The molecule has 112 valence electrons. The van der Waals surface area contributed by atoms with Crippen molar-refractivity contribution in [3.63, 3.8) is 0 Å². The third kappa shape index (κ3) is 3.41. The van der Waals surface area contributed by atoms with Crippen LogP contribution < -0.4 is 5.32 Å². The summed E-state index contributed by atoms with van der Waals surface area (Å²) in [5.41, 5.74) is 0. The fourth-order valence-electron chi connectivity index (χ4n) is 1.82. The Morgan fingerprint density at radius 1 is 1.50 bits per heavy atom. The zero-order chi connectivity index (χ0) is 14.8. The molecule has 0 aromatic carbocycles. The molecule has 7 nitrogen and oxygen atoms in total. The maximum absolute atomic E-state index is 12.4. The van der Waals surface area contributed by atoms with Crippen molar-refractivity contribution < 1.29 is 13.2 Å². The maximum Gasteiger partial charge on any atom is 0.286 e.